The van der Waals surface area contributed by atoms with Gasteiger partial charge in [-0.25, -0.2) is 0 Å². The van der Waals surface area contributed by atoms with Gasteiger partial charge in [0.2, 0.25) is 5.91 Å². The average Bonchev–Trinajstić information content (AvgIpc) is 2.35. The molecule has 7 nitrogen and oxygen atoms in total. The third kappa shape index (κ3) is 5.53. The fourth-order valence-corrected chi connectivity index (χ4v) is 1.40. The summed E-state index contributed by atoms with van der Waals surface area (Å²) in [5.41, 5.74) is 0.696. The first kappa shape index (κ1) is 14.5. The van der Waals surface area contributed by atoms with Crippen molar-refractivity contribution in [1.82, 2.24) is 4.90 Å². The Kier molecular flexibility index (Phi) is 5.34. The number of nitrogens with zero attached hydrogens (tertiary/aromatic N) is 1. The number of anilines is 1. The predicted molar refractivity (Wildman–Crippen MR) is 66.8 cm³/mol. The van der Waals surface area contributed by atoms with E-state index in [0.717, 1.165) is 4.90 Å². The topological polar surface area (TPSA) is 107 Å². The zero-order chi connectivity index (χ0) is 14.3. The van der Waals surface area contributed by atoms with E-state index < -0.39 is 30.9 Å². The number of nitrogens with one attached hydrogen (secondary N) is 1. The lowest BCUT2D eigenvalue weighted by molar-refractivity contribution is -0.148. The van der Waals surface area contributed by atoms with Gasteiger partial charge in [-0.05, 0) is 12.1 Å². The Morgan fingerprint density at radius 3 is 2.00 bits per heavy atom. The van der Waals surface area contributed by atoms with Crippen LogP contribution in [0.4, 0.5) is 5.69 Å². The minimum atomic E-state index is -1.26. The summed E-state index contributed by atoms with van der Waals surface area (Å²) in [7, 11) is 0. The first-order chi connectivity index (χ1) is 8.99. The minimum Gasteiger partial charge on any atom is -0.480 e. The summed E-state index contributed by atoms with van der Waals surface area (Å²) in [6, 6.07) is 8.85. The van der Waals surface area contributed by atoms with E-state index in [1.165, 1.54) is 0 Å². The monoisotopic (exact) mass is 266 g/mol. The number of hydrogen-bond donors (Lipinski definition) is 3. The lowest BCUT2D eigenvalue weighted by Crippen LogP contribution is -2.42. The number of carboxylic acid groups (broad SMARTS) is 2. The molecule has 0 fully saturated rings. The quantitative estimate of drug-likeness (QED) is 0.646. The highest BCUT2D eigenvalue weighted by molar-refractivity contribution is 5.87. The van der Waals surface area contributed by atoms with Crippen molar-refractivity contribution >= 4 is 23.5 Å². The minimum absolute atomic E-state index is 0.162. The van der Waals surface area contributed by atoms with Gasteiger partial charge >= 0.3 is 11.9 Å². The predicted octanol–water partition coefficient (Wildman–Crippen LogP) is 0.0963. The van der Waals surface area contributed by atoms with Gasteiger partial charge in [0.25, 0.3) is 0 Å². The Morgan fingerprint density at radius 2 is 1.53 bits per heavy atom. The number of carboxylic acids is 2. The van der Waals surface area contributed by atoms with Gasteiger partial charge in [0.05, 0.1) is 6.54 Å². The molecule has 0 bridgehead atoms. The maximum atomic E-state index is 11.7. The molecule has 0 saturated heterocycles. The van der Waals surface area contributed by atoms with E-state index in [4.69, 9.17) is 10.2 Å². The highest BCUT2D eigenvalue weighted by Crippen LogP contribution is 2.04. The van der Waals surface area contributed by atoms with Crippen molar-refractivity contribution in [2.75, 3.05) is 25.0 Å². The second-order valence-corrected chi connectivity index (χ2v) is 3.76. The van der Waals surface area contributed by atoms with Gasteiger partial charge < -0.3 is 20.4 Å². The Labute approximate surface area is 109 Å². The molecule has 1 rings (SSSR count). The van der Waals surface area contributed by atoms with Crippen molar-refractivity contribution in [2.24, 2.45) is 0 Å². The Hall–Kier alpha value is -2.57. The normalized spacial score (nSPS) is 9.68. The van der Waals surface area contributed by atoms with Crippen molar-refractivity contribution in [3.05, 3.63) is 30.3 Å². The maximum absolute atomic E-state index is 11.7. The van der Waals surface area contributed by atoms with Crippen molar-refractivity contribution < 1.29 is 24.6 Å². The van der Waals surface area contributed by atoms with Gasteiger partial charge in [0.1, 0.15) is 13.1 Å². The van der Waals surface area contributed by atoms with E-state index >= 15 is 0 Å². The van der Waals surface area contributed by atoms with Crippen LogP contribution in [0.1, 0.15) is 0 Å². The second-order valence-electron chi connectivity index (χ2n) is 3.76. The first-order valence-corrected chi connectivity index (χ1v) is 5.49. The van der Waals surface area contributed by atoms with Gasteiger partial charge in [0.15, 0.2) is 0 Å². The number of benzene rings is 1. The molecule has 0 spiro atoms. The summed E-state index contributed by atoms with van der Waals surface area (Å²) in [6.45, 7) is -1.44. The number of rotatable bonds is 7. The highest BCUT2D eigenvalue weighted by atomic mass is 16.4. The number of carbonyl (C=O) groups is 3. The molecule has 0 aliphatic carbocycles. The smallest absolute Gasteiger partial charge is 0.323 e. The average molecular weight is 266 g/mol. The van der Waals surface area contributed by atoms with Crippen LogP contribution in [0, 0.1) is 0 Å². The number of carbonyl (C=O) groups excluding carboxylic acids is 1. The van der Waals surface area contributed by atoms with Crippen LogP contribution in [0.25, 0.3) is 0 Å². The van der Waals surface area contributed by atoms with Gasteiger partial charge in [-0.3, -0.25) is 14.4 Å². The summed E-state index contributed by atoms with van der Waals surface area (Å²) in [5, 5.41) is 20.0. The Morgan fingerprint density at radius 1 is 1.00 bits per heavy atom. The summed E-state index contributed by atoms with van der Waals surface area (Å²) < 4.78 is 0. The van der Waals surface area contributed by atoms with Gasteiger partial charge in [-0.15, -0.1) is 0 Å². The lowest BCUT2D eigenvalue weighted by Gasteiger charge is -2.18. The summed E-state index contributed by atoms with van der Waals surface area (Å²) in [4.78, 5) is 33.6. The van der Waals surface area contributed by atoms with E-state index in [1.807, 2.05) is 6.07 Å². The number of aliphatic carboxylic acids is 2. The fourth-order valence-electron chi connectivity index (χ4n) is 1.40. The van der Waals surface area contributed by atoms with Crippen LogP contribution in [0.3, 0.4) is 0 Å². The molecule has 3 N–H and O–H groups in total. The van der Waals surface area contributed by atoms with E-state index in [0.29, 0.717) is 5.69 Å². The zero-order valence-corrected chi connectivity index (χ0v) is 10.1. The first-order valence-electron chi connectivity index (χ1n) is 5.49. The van der Waals surface area contributed by atoms with Crippen molar-refractivity contribution in [3.8, 4) is 0 Å². The fraction of sp³-hybridized carbons (Fsp3) is 0.250. The molecule has 0 heterocycles. The SMILES string of the molecule is O=C(O)CN(CC(=O)O)C(=O)CNc1ccccc1. The molecule has 7 heteroatoms. The molecule has 0 radical (unpaired) electrons. The standard InChI is InChI=1S/C12H14N2O5/c15-10(6-13-9-4-2-1-3-5-9)14(7-11(16)17)8-12(18)19/h1-5,13H,6-8H2,(H,16,17)(H,18,19). The molecule has 1 aromatic rings. The van der Waals surface area contributed by atoms with E-state index in [2.05, 4.69) is 5.32 Å². The zero-order valence-electron chi connectivity index (χ0n) is 10.1. The van der Waals surface area contributed by atoms with Crippen LogP contribution in [-0.4, -0.2) is 52.6 Å². The maximum Gasteiger partial charge on any atom is 0.323 e. The number of hydrogen-bond acceptors (Lipinski definition) is 4. The molecular weight excluding hydrogens is 252 g/mol. The van der Waals surface area contributed by atoms with E-state index in [1.54, 1.807) is 24.3 Å². The molecule has 0 unspecified atom stereocenters. The lowest BCUT2D eigenvalue weighted by atomic mass is 10.3. The summed E-state index contributed by atoms with van der Waals surface area (Å²) >= 11 is 0. The number of amides is 1. The molecule has 102 valence electrons. The highest BCUT2D eigenvalue weighted by Gasteiger charge is 2.19. The van der Waals surface area contributed by atoms with Crippen molar-refractivity contribution in [2.45, 2.75) is 0 Å². The van der Waals surface area contributed by atoms with Crippen LogP contribution in [0.15, 0.2) is 30.3 Å². The molecule has 0 aromatic heterocycles. The van der Waals surface area contributed by atoms with Crippen LogP contribution in [0.5, 0.6) is 0 Å². The molecule has 0 saturated carbocycles. The van der Waals surface area contributed by atoms with Gasteiger partial charge in [0, 0.05) is 5.69 Å². The summed E-state index contributed by atoms with van der Waals surface area (Å²) in [5.74, 6) is -3.10. The van der Waals surface area contributed by atoms with Crippen molar-refractivity contribution in [3.63, 3.8) is 0 Å². The summed E-state index contributed by atoms with van der Waals surface area (Å²) in [6.07, 6.45) is 0. The Bertz CT molecular complexity index is 444. The molecular formula is C12H14N2O5. The third-order valence-electron chi connectivity index (χ3n) is 2.22. The van der Waals surface area contributed by atoms with Crippen molar-refractivity contribution in [1.29, 1.82) is 0 Å². The Balaban J connectivity index is 2.56. The third-order valence-corrected chi connectivity index (χ3v) is 2.22. The van der Waals surface area contributed by atoms with Crippen LogP contribution >= 0.6 is 0 Å². The molecule has 0 aliphatic heterocycles. The molecule has 0 atom stereocenters. The van der Waals surface area contributed by atoms with Gasteiger partial charge in [-0.2, -0.15) is 0 Å². The number of para-hydroxylation sites is 1. The molecule has 19 heavy (non-hydrogen) atoms. The molecule has 1 amide bonds. The van der Waals surface area contributed by atoms with Crippen LogP contribution in [-0.2, 0) is 14.4 Å². The van der Waals surface area contributed by atoms with Gasteiger partial charge in [-0.1, -0.05) is 18.2 Å². The van der Waals surface area contributed by atoms with Crippen LogP contribution < -0.4 is 5.32 Å². The van der Waals surface area contributed by atoms with E-state index in [-0.39, 0.29) is 6.54 Å². The molecule has 1 aromatic carbocycles. The second kappa shape index (κ2) is 7.00. The van der Waals surface area contributed by atoms with E-state index in [9.17, 15) is 14.4 Å². The van der Waals surface area contributed by atoms with Crippen LogP contribution in [0.2, 0.25) is 0 Å². The molecule has 0 aliphatic rings. The largest absolute Gasteiger partial charge is 0.480 e.